The standard InChI is InChI=1S/C15H16N2O4S/c1-9-8-13(10(2)21-9)15(19)17-16-14(18)11-4-6-12(7-5-11)22(3)20/h4-8H,1-3H3,(H,16,18)(H,17,19). The zero-order valence-corrected chi connectivity index (χ0v) is 13.2. The Morgan fingerprint density at radius 2 is 1.64 bits per heavy atom. The summed E-state index contributed by atoms with van der Waals surface area (Å²) < 4.78 is 16.5. The smallest absolute Gasteiger partial charge is 0.273 e. The van der Waals surface area contributed by atoms with Gasteiger partial charge in [0.25, 0.3) is 11.8 Å². The topological polar surface area (TPSA) is 88.4 Å². The van der Waals surface area contributed by atoms with Gasteiger partial charge in [-0.15, -0.1) is 0 Å². The zero-order chi connectivity index (χ0) is 16.3. The second-order valence-corrected chi connectivity index (χ2v) is 6.09. The number of carbonyl (C=O) groups is 2. The Bertz CT molecular complexity index is 735. The highest BCUT2D eigenvalue weighted by Gasteiger charge is 2.14. The van der Waals surface area contributed by atoms with E-state index in [1.807, 2.05) is 0 Å². The summed E-state index contributed by atoms with van der Waals surface area (Å²) in [5.41, 5.74) is 5.38. The third kappa shape index (κ3) is 3.62. The van der Waals surface area contributed by atoms with Crippen LogP contribution in [0.15, 0.2) is 39.6 Å². The zero-order valence-electron chi connectivity index (χ0n) is 12.4. The lowest BCUT2D eigenvalue weighted by Crippen LogP contribution is -2.41. The summed E-state index contributed by atoms with van der Waals surface area (Å²) in [6.07, 6.45) is 1.56. The first-order valence-corrected chi connectivity index (χ1v) is 8.05. The van der Waals surface area contributed by atoms with Crippen LogP contribution in [0.25, 0.3) is 0 Å². The van der Waals surface area contributed by atoms with Gasteiger partial charge in [0.05, 0.1) is 5.56 Å². The van der Waals surface area contributed by atoms with Crippen LogP contribution in [0.3, 0.4) is 0 Å². The first kappa shape index (κ1) is 16.0. The molecule has 1 aromatic carbocycles. The molecule has 0 radical (unpaired) electrons. The van der Waals surface area contributed by atoms with Crippen LogP contribution in [-0.2, 0) is 10.8 Å². The Balaban J connectivity index is 1.99. The van der Waals surface area contributed by atoms with Gasteiger partial charge in [-0.05, 0) is 44.2 Å². The van der Waals surface area contributed by atoms with Gasteiger partial charge >= 0.3 is 0 Å². The number of amides is 2. The van der Waals surface area contributed by atoms with Crippen LogP contribution in [0.5, 0.6) is 0 Å². The molecule has 1 aromatic heterocycles. The van der Waals surface area contributed by atoms with Gasteiger partial charge in [0, 0.05) is 27.5 Å². The number of nitrogens with one attached hydrogen (secondary N) is 2. The van der Waals surface area contributed by atoms with E-state index in [0.29, 0.717) is 27.5 Å². The number of carbonyl (C=O) groups excluding carboxylic acids is 2. The Morgan fingerprint density at radius 1 is 1.05 bits per heavy atom. The largest absolute Gasteiger partial charge is 0.466 e. The lowest BCUT2D eigenvalue weighted by molar-refractivity contribution is 0.0845. The molecule has 0 bridgehead atoms. The maximum absolute atomic E-state index is 11.9. The van der Waals surface area contributed by atoms with Crippen molar-refractivity contribution in [1.82, 2.24) is 10.9 Å². The summed E-state index contributed by atoms with van der Waals surface area (Å²) in [6.45, 7) is 3.41. The average molecular weight is 320 g/mol. The first-order chi connectivity index (χ1) is 10.4. The second-order valence-electron chi connectivity index (χ2n) is 4.71. The van der Waals surface area contributed by atoms with E-state index < -0.39 is 22.6 Å². The highest BCUT2D eigenvalue weighted by atomic mass is 32.2. The predicted octanol–water partition coefficient (Wildman–Crippen LogP) is 1.71. The minimum absolute atomic E-state index is 0.356. The van der Waals surface area contributed by atoms with Crippen molar-refractivity contribution >= 4 is 22.6 Å². The fourth-order valence-electron chi connectivity index (χ4n) is 1.91. The number of furan rings is 1. The number of benzene rings is 1. The van der Waals surface area contributed by atoms with E-state index in [1.54, 1.807) is 50.4 Å². The molecule has 1 heterocycles. The molecule has 7 heteroatoms. The van der Waals surface area contributed by atoms with Gasteiger partial charge in [-0.3, -0.25) is 24.6 Å². The van der Waals surface area contributed by atoms with Crippen molar-refractivity contribution in [2.75, 3.05) is 6.26 Å². The molecular formula is C15H16N2O4S. The summed E-state index contributed by atoms with van der Waals surface area (Å²) in [7, 11) is -1.10. The Hall–Kier alpha value is -2.41. The molecule has 2 amide bonds. The molecule has 1 unspecified atom stereocenters. The number of hydrogen-bond donors (Lipinski definition) is 2. The molecule has 22 heavy (non-hydrogen) atoms. The van der Waals surface area contributed by atoms with Gasteiger partial charge in [0.1, 0.15) is 11.5 Å². The van der Waals surface area contributed by atoms with Crippen LogP contribution in [0.2, 0.25) is 0 Å². The highest BCUT2D eigenvalue weighted by molar-refractivity contribution is 7.84. The van der Waals surface area contributed by atoms with E-state index in [4.69, 9.17) is 4.42 Å². The SMILES string of the molecule is Cc1cc(C(=O)NNC(=O)c2ccc(S(C)=O)cc2)c(C)o1. The third-order valence-electron chi connectivity index (χ3n) is 3.02. The van der Waals surface area contributed by atoms with Crippen molar-refractivity contribution in [3.05, 3.63) is 53.0 Å². The van der Waals surface area contributed by atoms with Crippen LogP contribution >= 0.6 is 0 Å². The molecule has 0 saturated heterocycles. The van der Waals surface area contributed by atoms with Crippen molar-refractivity contribution in [2.24, 2.45) is 0 Å². The summed E-state index contributed by atoms with van der Waals surface area (Å²) in [5.74, 6) is 0.199. The molecule has 0 aliphatic carbocycles. The quantitative estimate of drug-likeness (QED) is 0.843. The van der Waals surface area contributed by atoms with Gasteiger partial charge in [-0.2, -0.15) is 0 Å². The monoisotopic (exact) mass is 320 g/mol. The van der Waals surface area contributed by atoms with Crippen molar-refractivity contribution in [1.29, 1.82) is 0 Å². The van der Waals surface area contributed by atoms with Gasteiger partial charge in [0.15, 0.2) is 0 Å². The van der Waals surface area contributed by atoms with Gasteiger partial charge < -0.3 is 4.42 Å². The van der Waals surface area contributed by atoms with Crippen LogP contribution in [-0.4, -0.2) is 22.3 Å². The second kappa shape index (κ2) is 6.57. The normalized spacial score (nSPS) is 11.8. The number of aryl methyl sites for hydroxylation is 2. The van der Waals surface area contributed by atoms with Gasteiger partial charge in [0.2, 0.25) is 0 Å². The Labute approximate surface area is 130 Å². The van der Waals surface area contributed by atoms with E-state index >= 15 is 0 Å². The van der Waals surface area contributed by atoms with E-state index in [2.05, 4.69) is 10.9 Å². The van der Waals surface area contributed by atoms with E-state index in [9.17, 15) is 13.8 Å². The number of hydrazine groups is 1. The summed E-state index contributed by atoms with van der Waals surface area (Å²) in [5, 5.41) is 0. The third-order valence-corrected chi connectivity index (χ3v) is 3.96. The molecule has 2 aromatic rings. The first-order valence-electron chi connectivity index (χ1n) is 6.49. The lowest BCUT2D eigenvalue weighted by Gasteiger charge is -2.07. The molecule has 0 fully saturated rings. The van der Waals surface area contributed by atoms with Crippen molar-refractivity contribution in [3.63, 3.8) is 0 Å². The lowest BCUT2D eigenvalue weighted by atomic mass is 10.2. The van der Waals surface area contributed by atoms with E-state index in [-0.39, 0.29) is 0 Å². The van der Waals surface area contributed by atoms with Crippen LogP contribution in [0, 0.1) is 13.8 Å². The molecule has 116 valence electrons. The average Bonchev–Trinajstić information content (AvgIpc) is 2.83. The summed E-state index contributed by atoms with van der Waals surface area (Å²) in [4.78, 5) is 24.5. The maximum Gasteiger partial charge on any atom is 0.273 e. The minimum atomic E-state index is -1.10. The fourth-order valence-corrected chi connectivity index (χ4v) is 2.43. The number of rotatable bonds is 3. The predicted molar refractivity (Wildman–Crippen MR) is 81.9 cm³/mol. The Kier molecular flexibility index (Phi) is 4.77. The Morgan fingerprint density at radius 3 is 2.14 bits per heavy atom. The maximum atomic E-state index is 11.9. The summed E-state index contributed by atoms with van der Waals surface area (Å²) >= 11 is 0. The minimum Gasteiger partial charge on any atom is -0.466 e. The van der Waals surface area contributed by atoms with Gasteiger partial charge in [-0.1, -0.05) is 0 Å². The van der Waals surface area contributed by atoms with Crippen molar-refractivity contribution in [2.45, 2.75) is 18.7 Å². The van der Waals surface area contributed by atoms with E-state index in [1.165, 1.54) is 0 Å². The van der Waals surface area contributed by atoms with Crippen LogP contribution in [0.1, 0.15) is 32.2 Å². The van der Waals surface area contributed by atoms with Crippen molar-refractivity contribution in [3.8, 4) is 0 Å². The fraction of sp³-hybridized carbons (Fsp3) is 0.200. The molecular weight excluding hydrogens is 304 g/mol. The highest BCUT2D eigenvalue weighted by Crippen LogP contribution is 2.13. The van der Waals surface area contributed by atoms with E-state index in [0.717, 1.165) is 0 Å². The molecule has 0 spiro atoms. The molecule has 2 rings (SSSR count). The summed E-state index contributed by atoms with van der Waals surface area (Å²) in [6, 6.07) is 7.91. The molecule has 0 aliphatic heterocycles. The van der Waals surface area contributed by atoms with Crippen LogP contribution in [0.4, 0.5) is 0 Å². The molecule has 6 nitrogen and oxygen atoms in total. The van der Waals surface area contributed by atoms with Crippen LogP contribution < -0.4 is 10.9 Å². The molecule has 0 aliphatic rings. The molecule has 2 N–H and O–H groups in total. The van der Waals surface area contributed by atoms with Gasteiger partial charge in [-0.25, -0.2) is 0 Å². The molecule has 1 atom stereocenters. The van der Waals surface area contributed by atoms with Crippen molar-refractivity contribution < 1.29 is 18.2 Å². The number of hydrogen-bond acceptors (Lipinski definition) is 4. The molecule has 0 saturated carbocycles.